The molecule has 11 rings (SSSR count). The Bertz CT molecular complexity index is 3230. The number of para-hydroxylation sites is 2. The SMILES string of the molecule is c1ccc(-c2ccc(-c3nc(-c4ccccc4)cc(-c4ccc5c6ccccc6n(-c6cccc(-c7cccc8oc9ccccc9c78)c6)c5c4)n3)cc2)cc1. The smallest absolute Gasteiger partial charge is 0.160 e. The van der Waals surface area contributed by atoms with Gasteiger partial charge < -0.3 is 8.98 Å². The molecule has 0 spiro atoms. The third kappa shape index (κ3) is 5.39. The van der Waals surface area contributed by atoms with Crippen LogP contribution in [0.2, 0.25) is 0 Å². The fourth-order valence-electron chi connectivity index (χ4n) is 8.16. The summed E-state index contributed by atoms with van der Waals surface area (Å²) in [5.41, 5.74) is 14.5. The Hall–Kier alpha value is -7.56. The summed E-state index contributed by atoms with van der Waals surface area (Å²) < 4.78 is 8.65. The van der Waals surface area contributed by atoms with Crippen LogP contribution in [0.5, 0.6) is 0 Å². The zero-order valence-electron chi connectivity index (χ0n) is 30.3. The lowest BCUT2D eigenvalue weighted by Gasteiger charge is -2.13. The zero-order chi connectivity index (χ0) is 37.0. The van der Waals surface area contributed by atoms with Crippen LogP contribution in [0, 0.1) is 0 Å². The van der Waals surface area contributed by atoms with Crippen molar-refractivity contribution in [3.8, 4) is 61.8 Å². The molecule has 8 aromatic carbocycles. The van der Waals surface area contributed by atoms with Crippen LogP contribution >= 0.6 is 0 Å². The van der Waals surface area contributed by atoms with Crippen LogP contribution in [0.15, 0.2) is 205 Å². The molecular formula is C52H33N3O. The minimum atomic E-state index is 0.690. The third-order valence-electron chi connectivity index (χ3n) is 10.8. The fraction of sp³-hybridized carbons (Fsp3) is 0. The van der Waals surface area contributed by atoms with E-state index in [1.807, 2.05) is 24.3 Å². The number of fused-ring (bicyclic) bond motifs is 6. The van der Waals surface area contributed by atoms with Crippen molar-refractivity contribution in [2.75, 3.05) is 0 Å². The van der Waals surface area contributed by atoms with Crippen molar-refractivity contribution in [2.45, 2.75) is 0 Å². The van der Waals surface area contributed by atoms with E-state index in [1.54, 1.807) is 0 Å². The molecule has 0 N–H and O–H groups in total. The molecule has 0 radical (unpaired) electrons. The van der Waals surface area contributed by atoms with Gasteiger partial charge in [-0.1, -0.05) is 158 Å². The first-order valence-corrected chi connectivity index (χ1v) is 18.9. The van der Waals surface area contributed by atoms with E-state index in [2.05, 4.69) is 180 Å². The van der Waals surface area contributed by atoms with Crippen LogP contribution in [0.4, 0.5) is 0 Å². The Morgan fingerprint density at radius 2 is 0.946 bits per heavy atom. The molecule has 0 aliphatic heterocycles. The fourth-order valence-corrected chi connectivity index (χ4v) is 8.16. The molecular weight excluding hydrogens is 683 g/mol. The van der Waals surface area contributed by atoms with Crippen LogP contribution in [0.1, 0.15) is 0 Å². The number of nitrogens with zero attached hydrogens (tertiary/aromatic N) is 3. The number of aromatic nitrogens is 3. The summed E-state index contributed by atoms with van der Waals surface area (Å²) in [6.07, 6.45) is 0. The summed E-state index contributed by atoms with van der Waals surface area (Å²) in [5.74, 6) is 0.690. The number of rotatable bonds is 6. The molecule has 4 heteroatoms. The van der Waals surface area contributed by atoms with Gasteiger partial charge in [-0.15, -0.1) is 0 Å². The maximum Gasteiger partial charge on any atom is 0.160 e. The van der Waals surface area contributed by atoms with E-state index in [9.17, 15) is 0 Å². The Balaban J connectivity index is 1.08. The molecule has 3 aromatic heterocycles. The summed E-state index contributed by atoms with van der Waals surface area (Å²) >= 11 is 0. The first-order chi connectivity index (χ1) is 27.7. The predicted octanol–water partition coefficient (Wildman–Crippen LogP) is 13.8. The van der Waals surface area contributed by atoms with Crippen molar-refractivity contribution in [2.24, 2.45) is 0 Å². The second kappa shape index (κ2) is 13.1. The van der Waals surface area contributed by atoms with Gasteiger partial charge in [0.25, 0.3) is 0 Å². The van der Waals surface area contributed by atoms with Gasteiger partial charge in [-0.05, 0) is 64.7 Å². The minimum absolute atomic E-state index is 0.690. The standard InChI is InChI=1S/C52H33N3O/c1-3-13-34(14-4-1)35-25-27-37(28-26-35)52-53-45(36-15-5-2-6-16-36)33-46(54-52)39-29-30-43-42-19-7-9-22-47(42)55(48(43)32-39)40-18-11-17-38(31-40)41-21-12-24-50-51(41)44-20-8-10-23-49(44)56-50/h1-33H. The van der Waals surface area contributed by atoms with Crippen LogP contribution in [0.25, 0.3) is 106 Å². The Morgan fingerprint density at radius 3 is 1.77 bits per heavy atom. The molecule has 0 amide bonds. The number of hydrogen-bond donors (Lipinski definition) is 0. The average molecular weight is 716 g/mol. The molecule has 0 unspecified atom stereocenters. The lowest BCUT2D eigenvalue weighted by molar-refractivity contribution is 0.669. The largest absolute Gasteiger partial charge is 0.456 e. The molecule has 0 aliphatic carbocycles. The van der Waals surface area contributed by atoms with Crippen LogP contribution in [0.3, 0.4) is 0 Å². The topological polar surface area (TPSA) is 43.9 Å². The van der Waals surface area contributed by atoms with E-state index in [4.69, 9.17) is 14.4 Å². The van der Waals surface area contributed by atoms with E-state index in [-0.39, 0.29) is 0 Å². The first kappa shape index (κ1) is 31.9. The zero-order valence-corrected chi connectivity index (χ0v) is 30.3. The quantitative estimate of drug-likeness (QED) is 0.172. The highest BCUT2D eigenvalue weighted by Gasteiger charge is 2.18. The average Bonchev–Trinajstić information content (AvgIpc) is 3.83. The van der Waals surface area contributed by atoms with Crippen molar-refractivity contribution in [3.63, 3.8) is 0 Å². The van der Waals surface area contributed by atoms with Crippen LogP contribution in [-0.2, 0) is 0 Å². The third-order valence-corrected chi connectivity index (χ3v) is 10.8. The van der Waals surface area contributed by atoms with E-state index >= 15 is 0 Å². The summed E-state index contributed by atoms with van der Waals surface area (Å²) in [7, 11) is 0. The molecule has 11 aromatic rings. The number of furan rings is 1. The number of benzene rings is 8. The van der Waals surface area contributed by atoms with Crippen LogP contribution in [-0.4, -0.2) is 14.5 Å². The van der Waals surface area contributed by atoms with Gasteiger partial charge in [0.2, 0.25) is 0 Å². The summed E-state index contributed by atoms with van der Waals surface area (Å²) in [6.45, 7) is 0. The predicted molar refractivity (Wildman–Crippen MR) is 231 cm³/mol. The normalized spacial score (nSPS) is 11.6. The number of hydrogen-bond acceptors (Lipinski definition) is 3. The molecule has 4 nitrogen and oxygen atoms in total. The Morgan fingerprint density at radius 1 is 0.357 bits per heavy atom. The first-order valence-electron chi connectivity index (χ1n) is 18.9. The second-order valence-corrected chi connectivity index (χ2v) is 14.2. The second-order valence-electron chi connectivity index (χ2n) is 14.2. The monoisotopic (exact) mass is 715 g/mol. The van der Waals surface area contributed by atoms with Crippen LogP contribution < -0.4 is 0 Å². The van der Waals surface area contributed by atoms with E-state index in [1.165, 1.54) is 16.3 Å². The Labute approximate surface area is 323 Å². The summed E-state index contributed by atoms with van der Waals surface area (Å²) in [6, 6.07) is 70.3. The van der Waals surface area contributed by atoms with E-state index in [0.717, 1.165) is 83.4 Å². The van der Waals surface area contributed by atoms with Gasteiger partial charge in [-0.2, -0.15) is 0 Å². The van der Waals surface area contributed by atoms with Gasteiger partial charge >= 0.3 is 0 Å². The molecule has 262 valence electrons. The molecule has 0 saturated heterocycles. The van der Waals surface area contributed by atoms with E-state index in [0.29, 0.717) is 5.82 Å². The molecule has 0 atom stereocenters. The maximum atomic E-state index is 6.27. The molecule has 0 fully saturated rings. The minimum Gasteiger partial charge on any atom is -0.456 e. The van der Waals surface area contributed by atoms with Crippen molar-refractivity contribution >= 4 is 43.7 Å². The highest BCUT2D eigenvalue weighted by Crippen LogP contribution is 2.40. The molecule has 0 aliphatic rings. The molecule has 0 saturated carbocycles. The van der Waals surface area contributed by atoms with Crippen molar-refractivity contribution < 1.29 is 4.42 Å². The van der Waals surface area contributed by atoms with Gasteiger partial charge in [0, 0.05) is 43.9 Å². The maximum absolute atomic E-state index is 6.27. The van der Waals surface area contributed by atoms with Crippen molar-refractivity contribution in [1.29, 1.82) is 0 Å². The summed E-state index contributed by atoms with van der Waals surface area (Å²) in [5, 5.41) is 4.64. The lowest BCUT2D eigenvalue weighted by atomic mass is 9.99. The van der Waals surface area contributed by atoms with Gasteiger partial charge in [0.1, 0.15) is 11.2 Å². The molecule has 3 heterocycles. The van der Waals surface area contributed by atoms with Gasteiger partial charge in [-0.25, -0.2) is 9.97 Å². The highest BCUT2D eigenvalue weighted by atomic mass is 16.3. The highest BCUT2D eigenvalue weighted by molar-refractivity contribution is 6.13. The summed E-state index contributed by atoms with van der Waals surface area (Å²) in [4.78, 5) is 10.4. The Kier molecular flexibility index (Phi) is 7.46. The van der Waals surface area contributed by atoms with Crippen molar-refractivity contribution in [3.05, 3.63) is 200 Å². The van der Waals surface area contributed by atoms with Crippen molar-refractivity contribution in [1.82, 2.24) is 14.5 Å². The molecule has 56 heavy (non-hydrogen) atoms. The van der Waals surface area contributed by atoms with Gasteiger partial charge in [0.15, 0.2) is 5.82 Å². The van der Waals surface area contributed by atoms with Gasteiger partial charge in [0.05, 0.1) is 22.4 Å². The lowest BCUT2D eigenvalue weighted by Crippen LogP contribution is -1.97. The molecule has 0 bridgehead atoms. The van der Waals surface area contributed by atoms with E-state index < -0.39 is 0 Å². The van der Waals surface area contributed by atoms with Gasteiger partial charge in [-0.3, -0.25) is 0 Å².